The number of hydrogen-bond acceptors (Lipinski definition) is 3. The predicted octanol–water partition coefficient (Wildman–Crippen LogP) is 4.28. The number of nitrogens with zero attached hydrogens (tertiary/aromatic N) is 2. The molecule has 5 heteroatoms. The smallest absolute Gasteiger partial charge is 0.242 e. The second kappa shape index (κ2) is 12.0. The van der Waals surface area contributed by atoms with Crippen molar-refractivity contribution in [3.8, 4) is 0 Å². The van der Waals surface area contributed by atoms with Gasteiger partial charge in [-0.25, -0.2) is 0 Å². The zero-order valence-electron chi connectivity index (χ0n) is 17.1. The van der Waals surface area contributed by atoms with Gasteiger partial charge in [0.1, 0.15) is 5.76 Å². The van der Waals surface area contributed by atoms with Crippen molar-refractivity contribution in [1.82, 2.24) is 9.80 Å². The number of unbranched alkanes of at least 4 members (excludes halogenated alkanes) is 1. The Morgan fingerprint density at radius 3 is 2.32 bits per heavy atom. The first-order valence-corrected chi connectivity index (χ1v) is 10.3. The van der Waals surface area contributed by atoms with E-state index in [-0.39, 0.29) is 18.4 Å². The van der Waals surface area contributed by atoms with Crippen molar-refractivity contribution in [1.29, 1.82) is 0 Å². The molecule has 0 aliphatic carbocycles. The standard InChI is InChI=1S/C23H32N2O3/c1-3-5-13-22(26)24(15-4-2)19-23(27)25(18-21-12-9-17-28-21)16-14-20-10-7-6-8-11-20/h6-12,17H,3-5,13-16,18-19H2,1-2H3. The minimum Gasteiger partial charge on any atom is -0.467 e. The molecule has 152 valence electrons. The molecule has 2 aromatic rings. The molecule has 0 spiro atoms. The summed E-state index contributed by atoms with van der Waals surface area (Å²) in [6.45, 7) is 5.85. The number of furan rings is 1. The van der Waals surface area contributed by atoms with Crippen molar-refractivity contribution in [3.05, 3.63) is 60.1 Å². The van der Waals surface area contributed by atoms with Crippen LogP contribution in [0.5, 0.6) is 0 Å². The van der Waals surface area contributed by atoms with E-state index in [1.807, 2.05) is 37.3 Å². The Kier molecular flexibility index (Phi) is 9.32. The molecule has 0 saturated heterocycles. The summed E-state index contributed by atoms with van der Waals surface area (Å²) in [6, 6.07) is 13.8. The van der Waals surface area contributed by atoms with Crippen molar-refractivity contribution in [3.63, 3.8) is 0 Å². The van der Waals surface area contributed by atoms with Crippen molar-refractivity contribution in [2.45, 2.75) is 52.5 Å². The molecule has 5 nitrogen and oxygen atoms in total. The van der Waals surface area contributed by atoms with Gasteiger partial charge in [0.15, 0.2) is 0 Å². The zero-order chi connectivity index (χ0) is 20.2. The number of benzene rings is 1. The Labute approximate surface area is 168 Å². The average molecular weight is 385 g/mol. The van der Waals surface area contributed by atoms with Gasteiger partial charge in [0.2, 0.25) is 11.8 Å². The van der Waals surface area contributed by atoms with Crippen LogP contribution in [-0.4, -0.2) is 41.2 Å². The fourth-order valence-corrected chi connectivity index (χ4v) is 3.10. The molecule has 0 aliphatic heterocycles. The normalized spacial score (nSPS) is 10.6. The fourth-order valence-electron chi connectivity index (χ4n) is 3.10. The lowest BCUT2D eigenvalue weighted by Crippen LogP contribution is -2.43. The molecule has 0 radical (unpaired) electrons. The van der Waals surface area contributed by atoms with Crippen LogP contribution in [0.1, 0.15) is 50.9 Å². The Hall–Kier alpha value is -2.56. The maximum Gasteiger partial charge on any atom is 0.242 e. The van der Waals surface area contributed by atoms with Gasteiger partial charge in [-0.15, -0.1) is 0 Å². The van der Waals surface area contributed by atoms with E-state index >= 15 is 0 Å². The summed E-state index contributed by atoms with van der Waals surface area (Å²) in [5.74, 6) is 0.782. The first-order chi connectivity index (χ1) is 13.6. The molecule has 28 heavy (non-hydrogen) atoms. The maximum absolute atomic E-state index is 13.0. The van der Waals surface area contributed by atoms with Gasteiger partial charge in [-0.3, -0.25) is 9.59 Å². The van der Waals surface area contributed by atoms with Crippen LogP contribution in [0.2, 0.25) is 0 Å². The van der Waals surface area contributed by atoms with E-state index in [0.29, 0.717) is 26.1 Å². The molecule has 1 aromatic carbocycles. The number of carbonyl (C=O) groups is 2. The highest BCUT2D eigenvalue weighted by molar-refractivity contribution is 5.84. The van der Waals surface area contributed by atoms with Crippen molar-refractivity contribution in [2.75, 3.05) is 19.6 Å². The molecule has 0 aliphatic rings. The van der Waals surface area contributed by atoms with Gasteiger partial charge >= 0.3 is 0 Å². The third-order valence-electron chi connectivity index (χ3n) is 4.71. The van der Waals surface area contributed by atoms with Crippen molar-refractivity contribution < 1.29 is 14.0 Å². The zero-order valence-corrected chi connectivity index (χ0v) is 17.1. The number of carbonyl (C=O) groups excluding carboxylic acids is 2. The lowest BCUT2D eigenvalue weighted by molar-refractivity contribution is -0.141. The van der Waals surface area contributed by atoms with E-state index < -0.39 is 0 Å². The Morgan fingerprint density at radius 1 is 0.893 bits per heavy atom. The van der Waals surface area contributed by atoms with Crippen LogP contribution >= 0.6 is 0 Å². The van der Waals surface area contributed by atoms with E-state index in [1.165, 1.54) is 5.56 Å². The molecule has 0 N–H and O–H groups in total. The fraction of sp³-hybridized carbons (Fsp3) is 0.478. The number of rotatable bonds is 12. The summed E-state index contributed by atoms with van der Waals surface area (Å²) in [6.07, 6.45) is 5.57. The van der Waals surface area contributed by atoms with Gasteiger partial charge in [0.25, 0.3) is 0 Å². The third kappa shape index (κ3) is 7.22. The van der Waals surface area contributed by atoms with Crippen molar-refractivity contribution in [2.24, 2.45) is 0 Å². The predicted molar refractivity (Wildman–Crippen MR) is 111 cm³/mol. The Morgan fingerprint density at radius 2 is 1.68 bits per heavy atom. The molecular formula is C23H32N2O3. The quantitative estimate of drug-likeness (QED) is 0.549. The van der Waals surface area contributed by atoms with Gasteiger partial charge < -0.3 is 14.2 Å². The van der Waals surface area contributed by atoms with Crippen LogP contribution in [0.15, 0.2) is 53.1 Å². The summed E-state index contributed by atoms with van der Waals surface area (Å²) < 4.78 is 5.44. The average Bonchev–Trinajstić information content (AvgIpc) is 3.22. The summed E-state index contributed by atoms with van der Waals surface area (Å²) >= 11 is 0. The summed E-state index contributed by atoms with van der Waals surface area (Å²) in [5, 5.41) is 0. The molecule has 1 aromatic heterocycles. The van der Waals surface area contributed by atoms with E-state index in [4.69, 9.17) is 4.42 Å². The topological polar surface area (TPSA) is 53.8 Å². The SMILES string of the molecule is CCCCC(=O)N(CCC)CC(=O)N(CCc1ccccc1)Cc1ccco1. The number of amides is 2. The Bertz CT molecular complexity index is 698. The highest BCUT2D eigenvalue weighted by Gasteiger charge is 2.21. The first-order valence-electron chi connectivity index (χ1n) is 10.3. The molecule has 0 unspecified atom stereocenters. The highest BCUT2D eigenvalue weighted by Crippen LogP contribution is 2.10. The van der Waals surface area contributed by atoms with Crippen molar-refractivity contribution >= 4 is 11.8 Å². The Balaban J connectivity index is 2.04. The molecular weight excluding hydrogens is 352 g/mol. The van der Waals surface area contributed by atoms with Crippen LogP contribution in [-0.2, 0) is 22.6 Å². The largest absolute Gasteiger partial charge is 0.467 e. The van der Waals surface area contributed by atoms with Crippen LogP contribution in [0, 0.1) is 0 Å². The third-order valence-corrected chi connectivity index (χ3v) is 4.71. The van der Waals surface area contributed by atoms with Crippen LogP contribution in [0.25, 0.3) is 0 Å². The van der Waals surface area contributed by atoms with E-state index in [9.17, 15) is 9.59 Å². The van der Waals surface area contributed by atoms with Crippen LogP contribution < -0.4 is 0 Å². The maximum atomic E-state index is 13.0. The molecule has 0 fully saturated rings. The van der Waals surface area contributed by atoms with Gasteiger partial charge in [-0.2, -0.15) is 0 Å². The molecule has 2 rings (SSSR count). The minimum absolute atomic E-state index is 0.0365. The summed E-state index contributed by atoms with van der Waals surface area (Å²) in [5.41, 5.74) is 1.18. The lowest BCUT2D eigenvalue weighted by Gasteiger charge is -2.27. The minimum atomic E-state index is -0.0365. The second-order valence-corrected chi connectivity index (χ2v) is 7.05. The monoisotopic (exact) mass is 384 g/mol. The van der Waals surface area contributed by atoms with Crippen LogP contribution in [0.3, 0.4) is 0 Å². The van der Waals surface area contributed by atoms with E-state index in [0.717, 1.165) is 31.4 Å². The highest BCUT2D eigenvalue weighted by atomic mass is 16.3. The molecule has 2 amide bonds. The number of hydrogen-bond donors (Lipinski definition) is 0. The van der Waals surface area contributed by atoms with Gasteiger partial charge in [0.05, 0.1) is 19.4 Å². The van der Waals surface area contributed by atoms with E-state index in [2.05, 4.69) is 19.1 Å². The molecule has 0 bridgehead atoms. The van der Waals surface area contributed by atoms with Gasteiger partial charge in [-0.05, 0) is 37.0 Å². The molecule has 0 saturated carbocycles. The second-order valence-electron chi connectivity index (χ2n) is 7.05. The van der Waals surface area contributed by atoms with E-state index in [1.54, 1.807) is 16.1 Å². The summed E-state index contributed by atoms with van der Waals surface area (Å²) in [4.78, 5) is 29.0. The van der Waals surface area contributed by atoms with Gasteiger partial charge in [0, 0.05) is 19.5 Å². The van der Waals surface area contributed by atoms with Crippen LogP contribution in [0.4, 0.5) is 0 Å². The van der Waals surface area contributed by atoms with Gasteiger partial charge in [-0.1, -0.05) is 50.6 Å². The first kappa shape index (κ1) is 21.7. The molecule has 1 heterocycles. The summed E-state index contributed by atoms with van der Waals surface area (Å²) in [7, 11) is 0. The lowest BCUT2D eigenvalue weighted by atomic mass is 10.1. The molecule has 0 atom stereocenters.